The van der Waals surface area contributed by atoms with Gasteiger partial charge < -0.3 is 5.32 Å². The van der Waals surface area contributed by atoms with Gasteiger partial charge in [0.25, 0.3) is 0 Å². The lowest BCUT2D eigenvalue weighted by Crippen LogP contribution is -2.13. The summed E-state index contributed by atoms with van der Waals surface area (Å²) in [7, 11) is 0. The lowest BCUT2D eigenvalue weighted by molar-refractivity contribution is 0.589. The highest BCUT2D eigenvalue weighted by atomic mass is 35.5. The molecule has 84 valence electrons. The Hall–Kier alpha value is -0.900. The van der Waals surface area contributed by atoms with Crippen LogP contribution in [0.15, 0.2) is 35.7 Å². The van der Waals surface area contributed by atoms with Crippen molar-refractivity contribution in [3.05, 3.63) is 57.0 Å². The molecule has 1 aromatic carbocycles. The fourth-order valence-electron chi connectivity index (χ4n) is 1.43. The average Bonchev–Trinajstić information content (AvgIpc) is 2.75. The molecule has 0 aliphatic rings. The maximum absolute atomic E-state index is 13.4. The Bertz CT molecular complexity index is 436. The van der Waals surface area contributed by atoms with E-state index in [1.165, 1.54) is 10.9 Å². The summed E-state index contributed by atoms with van der Waals surface area (Å²) < 4.78 is 13.4. The first kappa shape index (κ1) is 11.6. The third kappa shape index (κ3) is 2.82. The molecule has 0 fully saturated rings. The van der Waals surface area contributed by atoms with Gasteiger partial charge in [0.15, 0.2) is 0 Å². The third-order valence-corrected chi connectivity index (χ3v) is 3.47. The molecule has 1 heterocycles. The zero-order valence-electron chi connectivity index (χ0n) is 8.54. The molecule has 0 amide bonds. The molecule has 0 unspecified atom stereocenters. The molecule has 0 saturated carbocycles. The maximum atomic E-state index is 13.4. The van der Waals surface area contributed by atoms with Crippen LogP contribution in [-0.4, -0.2) is 0 Å². The van der Waals surface area contributed by atoms with Crippen molar-refractivity contribution in [1.82, 2.24) is 5.32 Å². The second kappa shape index (κ2) is 5.43. The summed E-state index contributed by atoms with van der Waals surface area (Å²) in [6.45, 7) is 1.19. The van der Waals surface area contributed by atoms with Gasteiger partial charge in [-0.1, -0.05) is 23.7 Å². The van der Waals surface area contributed by atoms with Crippen molar-refractivity contribution in [2.45, 2.75) is 13.1 Å². The Morgan fingerprint density at radius 1 is 1.19 bits per heavy atom. The molecule has 0 atom stereocenters. The zero-order valence-corrected chi connectivity index (χ0v) is 10.1. The number of hydrogen-bond acceptors (Lipinski definition) is 2. The summed E-state index contributed by atoms with van der Waals surface area (Å²) in [4.78, 5) is 1.23. The predicted molar refractivity (Wildman–Crippen MR) is 66.3 cm³/mol. The highest BCUT2D eigenvalue weighted by Gasteiger charge is 2.05. The van der Waals surface area contributed by atoms with E-state index in [-0.39, 0.29) is 5.82 Å². The summed E-state index contributed by atoms with van der Waals surface area (Å²) in [6, 6.07) is 8.78. The molecule has 2 rings (SSSR count). The van der Waals surface area contributed by atoms with Gasteiger partial charge in [-0.25, -0.2) is 4.39 Å². The number of thiophene rings is 1. The molecule has 0 spiro atoms. The van der Waals surface area contributed by atoms with Crippen LogP contribution in [0, 0.1) is 5.82 Å². The highest BCUT2D eigenvalue weighted by Crippen LogP contribution is 2.18. The Labute approximate surface area is 103 Å². The molecule has 0 aliphatic carbocycles. The first-order chi connectivity index (χ1) is 7.77. The fourth-order valence-corrected chi connectivity index (χ4v) is 2.33. The van der Waals surface area contributed by atoms with Crippen LogP contribution in [0.1, 0.15) is 10.4 Å². The maximum Gasteiger partial charge on any atom is 0.129 e. The van der Waals surface area contributed by atoms with E-state index in [1.54, 1.807) is 23.5 Å². The van der Waals surface area contributed by atoms with E-state index in [0.717, 1.165) is 6.54 Å². The molecule has 1 nitrogen and oxygen atoms in total. The quantitative estimate of drug-likeness (QED) is 0.876. The molecule has 0 radical (unpaired) electrons. The van der Waals surface area contributed by atoms with Crippen molar-refractivity contribution in [2.75, 3.05) is 0 Å². The van der Waals surface area contributed by atoms with Gasteiger partial charge >= 0.3 is 0 Å². The van der Waals surface area contributed by atoms with E-state index in [2.05, 4.69) is 5.32 Å². The van der Waals surface area contributed by atoms with Crippen molar-refractivity contribution < 1.29 is 4.39 Å². The lowest BCUT2D eigenvalue weighted by atomic mass is 10.2. The molecule has 2 aromatic rings. The van der Waals surface area contributed by atoms with E-state index in [4.69, 9.17) is 11.6 Å². The van der Waals surface area contributed by atoms with Crippen LogP contribution in [0.25, 0.3) is 0 Å². The van der Waals surface area contributed by atoms with Gasteiger partial charge in [-0.05, 0) is 23.6 Å². The second-order valence-corrected chi connectivity index (χ2v) is 4.82. The van der Waals surface area contributed by atoms with E-state index in [9.17, 15) is 4.39 Å². The minimum atomic E-state index is -0.258. The summed E-state index contributed by atoms with van der Waals surface area (Å²) in [6.07, 6.45) is 0. The summed E-state index contributed by atoms with van der Waals surface area (Å²) >= 11 is 7.59. The molecule has 0 bridgehead atoms. The van der Waals surface area contributed by atoms with Gasteiger partial charge in [0.05, 0.1) is 0 Å². The lowest BCUT2D eigenvalue weighted by Gasteiger charge is -2.06. The molecule has 1 aromatic heterocycles. The standard InChI is InChI=1S/C12H11ClFNS/c13-11-4-1-5-12(14)10(11)8-15-7-9-3-2-6-16-9/h1-6,15H,7-8H2. The normalized spacial score (nSPS) is 10.6. The minimum Gasteiger partial charge on any atom is -0.308 e. The minimum absolute atomic E-state index is 0.258. The molecular weight excluding hydrogens is 245 g/mol. The summed E-state index contributed by atoms with van der Waals surface area (Å²) in [5, 5.41) is 5.66. The molecule has 16 heavy (non-hydrogen) atoms. The number of nitrogens with one attached hydrogen (secondary N) is 1. The number of rotatable bonds is 4. The number of benzene rings is 1. The Kier molecular flexibility index (Phi) is 3.93. The Morgan fingerprint density at radius 2 is 2.06 bits per heavy atom. The summed E-state index contributed by atoms with van der Waals surface area (Å²) in [5.74, 6) is -0.258. The van der Waals surface area contributed by atoms with Crippen molar-refractivity contribution >= 4 is 22.9 Å². The van der Waals surface area contributed by atoms with Crippen LogP contribution in [0.4, 0.5) is 4.39 Å². The smallest absolute Gasteiger partial charge is 0.129 e. The topological polar surface area (TPSA) is 12.0 Å². The molecular formula is C12H11ClFNS. The van der Waals surface area contributed by atoms with Gasteiger partial charge in [0.1, 0.15) is 5.82 Å². The Morgan fingerprint density at radius 3 is 2.75 bits per heavy atom. The van der Waals surface area contributed by atoms with Crippen LogP contribution in [0.3, 0.4) is 0 Å². The van der Waals surface area contributed by atoms with Crippen molar-refractivity contribution in [1.29, 1.82) is 0 Å². The first-order valence-corrected chi connectivity index (χ1v) is 6.19. The van der Waals surface area contributed by atoms with Crippen LogP contribution < -0.4 is 5.32 Å². The van der Waals surface area contributed by atoms with Gasteiger partial charge in [0, 0.05) is 28.6 Å². The molecule has 4 heteroatoms. The van der Waals surface area contributed by atoms with Gasteiger partial charge in [-0.15, -0.1) is 11.3 Å². The second-order valence-electron chi connectivity index (χ2n) is 3.38. The molecule has 1 N–H and O–H groups in total. The van der Waals surface area contributed by atoms with E-state index in [0.29, 0.717) is 17.1 Å². The predicted octanol–water partition coefficient (Wildman–Crippen LogP) is 3.83. The van der Waals surface area contributed by atoms with Crippen LogP contribution >= 0.6 is 22.9 Å². The van der Waals surface area contributed by atoms with Gasteiger partial charge in [-0.3, -0.25) is 0 Å². The first-order valence-electron chi connectivity index (χ1n) is 4.93. The van der Waals surface area contributed by atoms with E-state index >= 15 is 0 Å². The SMILES string of the molecule is Fc1cccc(Cl)c1CNCc1cccs1. The largest absolute Gasteiger partial charge is 0.308 e. The van der Waals surface area contributed by atoms with Crippen molar-refractivity contribution in [2.24, 2.45) is 0 Å². The van der Waals surface area contributed by atoms with E-state index < -0.39 is 0 Å². The monoisotopic (exact) mass is 255 g/mol. The zero-order chi connectivity index (χ0) is 11.4. The average molecular weight is 256 g/mol. The van der Waals surface area contributed by atoms with Crippen LogP contribution in [0.5, 0.6) is 0 Å². The number of hydrogen-bond donors (Lipinski definition) is 1. The highest BCUT2D eigenvalue weighted by molar-refractivity contribution is 7.09. The van der Waals surface area contributed by atoms with Gasteiger partial charge in [0.2, 0.25) is 0 Å². The van der Waals surface area contributed by atoms with Crippen molar-refractivity contribution in [3.63, 3.8) is 0 Å². The Balaban J connectivity index is 1.95. The van der Waals surface area contributed by atoms with E-state index in [1.807, 2.05) is 17.5 Å². The molecule has 0 aliphatic heterocycles. The van der Waals surface area contributed by atoms with Crippen LogP contribution in [0.2, 0.25) is 5.02 Å². The third-order valence-electron chi connectivity index (χ3n) is 2.24. The summed E-state index contributed by atoms with van der Waals surface area (Å²) in [5.41, 5.74) is 0.528. The van der Waals surface area contributed by atoms with Gasteiger partial charge in [-0.2, -0.15) is 0 Å². The van der Waals surface area contributed by atoms with Crippen molar-refractivity contribution in [3.8, 4) is 0 Å². The fraction of sp³-hybridized carbons (Fsp3) is 0.167. The molecule has 0 saturated heterocycles. The van der Waals surface area contributed by atoms with Crippen LogP contribution in [-0.2, 0) is 13.1 Å². The number of halogens is 2.